The molecule has 0 heterocycles. The van der Waals surface area contributed by atoms with Gasteiger partial charge in [0.1, 0.15) is 5.75 Å². The molecule has 7 nitrogen and oxygen atoms in total. The Bertz CT molecular complexity index is 4620. The van der Waals surface area contributed by atoms with E-state index in [1.165, 1.54) is 94.6 Å². The van der Waals surface area contributed by atoms with E-state index in [4.69, 9.17) is 4.74 Å². The van der Waals surface area contributed by atoms with Crippen LogP contribution in [-0.4, -0.2) is 41.8 Å². The number of hydrogen-bond donors (Lipinski definition) is 0. The van der Waals surface area contributed by atoms with Crippen molar-refractivity contribution in [2.24, 2.45) is 69.5 Å². The van der Waals surface area contributed by atoms with Crippen LogP contribution in [0.2, 0.25) is 0 Å². The highest BCUT2D eigenvalue weighted by molar-refractivity contribution is 5.98. The molecule has 0 saturated heterocycles. The normalized spacial score (nSPS) is 32.4. The molecule has 596 valence electrons. The number of rotatable bonds is 1. The van der Waals surface area contributed by atoms with E-state index in [2.05, 4.69) is 278 Å². The molecule has 18 rings (SSSR count). The van der Waals surface area contributed by atoms with Crippen molar-refractivity contribution < 1.29 is 33.5 Å². The molecule has 7 unspecified atom stereocenters. The molecule has 6 aromatic rings. The van der Waals surface area contributed by atoms with E-state index in [-0.39, 0.29) is 97.0 Å². The van der Waals surface area contributed by atoms with Gasteiger partial charge in [0.05, 0.1) is 7.11 Å². The standard InChI is InChI=1S/3C18H22O.C17H20O2.2C17H20O.CH4/c3*1-12-5-6-13-7-8-15-17(2,3)16(19)9-10-18(15,4)14(13)11-12;1-11-14-7-5-12-4-6-13(19-3)10-15(12)17(14,2)9-8-16(11)18;2*1-11-4-5-13-6-7-14-12(2)16(18)8-9-17(14,3)15(13)10-11;/h3*5-6,9-11,15H,7-8H2,1-4H3;4,6,8-11,14H,5,7H2,1-3H3;2*4-5,8-10,12,14H,6-7H2,1-3H3;1H4/t2*15?,18-;;11-,14-,17-;12-,14-,17-;;/m10.01../s1. The van der Waals surface area contributed by atoms with Gasteiger partial charge in [-0.1, -0.05) is 273 Å². The zero-order chi connectivity index (χ0) is 81.0. The molecule has 12 aliphatic carbocycles. The van der Waals surface area contributed by atoms with Gasteiger partial charge < -0.3 is 4.74 Å². The van der Waals surface area contributed by atoms with Gasteiger partial charge in [0.15, 0.2) is 34.7 Å². The van der Waals surface area contributed by atoms with Gasteiger partial charge in [0.25, 0.3) is 0 Å². The van der Waals surface area contributed by atoms with Crippen LogP contribution in [0.3, 0.4) is 0 Å². The number of ketones is 6. The van der Waals surface area contributed by atoms with Crippen molar-refractivity contribution >= 4 is 34.7 Å². The van der Waals surface area contributed by atoms with Crippen molar-refractivity contribution in [1.29, 1.82) is 0 Å². The molecular formula is C106H130O7. The third-order valence-electron chi connectivity index (χ3n) is 31.1. The summed E-state index contributed by atoms with van der Waals surface area (Å²) >= 11 is 0. The highest BCUT2D eigenvalue weighted by Crippen LogP contribution is 2.58. The minimum Gasteiger partial charge on any atom is -0.497 e. The van der Waals surface area contributed by atoms with Crippen molar-refractivity contribution in [3.63, 3.8) is 0 Å². The molecule has 0 N–H and O–H groups in total. The van der Waals surface area contributed by atoms with E-state index < -0.39 is 0 Å². The molecule has 6 aromatic carbocycles. The molecule has 12 aliphatic rings. The van der Waals surface area contributed by atoms with Crippen molar-refractivity contribution in [2.75, 3.05) is 7.11 Å². The van der Waals surface area contributed by atoms with Crippen molar-refractivity contribution in [3.8, 4) is 5.75 Å². The Morgan fingerprint density at radius 2 is 0.496 bits per heavy atom. The molecule has 0 radical (unpaired) electrons. The van der Waals surface area contributed by atoms with E-state index in [0.29, 0.717) is 47.1 Å². The van der Waals surface area contributed by atoms with Gasteiger partial charge in [-0.3, -0.25) is 28.8 Å². The molecule has 0 fully saturated rings. The molecule has 15 atom stereocenters. The lowest BCUT2D eigenvalue weighted by atomic mass is 9.52. The summed E-state index contributed by atoms with van der Waals surface area (Å²) in [6, 6.07) is 40.3. The number of ether oxygens (including phenoxy) is 1. The summed E-state index contributed by atoms with van der Waals surface area (Å²) in [5.74, 6) is 5.62. The molecule has 0 aromatic heterocycles. The summed E-state index contributed by atoms with van der Waals surface area (Å²) in [7, 11) is 1.70. The maximum absolute atomic E-state index is 12.2. The Balaban J connectivity index is 0.000000125. The Kier molecular flexibility index (Phi) is 23.0. The molecule has 0 bridgehead atoms. The Morgan fingerprint density at radius 1 is 0.283 bits per heavy atom. The van der Waals surface area contributed by atoms with Crippen LogP contribution in [0.4, 0.5) is 0 Å². The summed E-state index contributed by atoms with van der Waals surface area (Å²) in [6.45, 7) is 43.5. The van der Waals surface area contributed by atoms with E-state index >= 15 is 0 Å². The maximum atomic E-state index is 12.2. The predicted molar refractivity (Wildman–Crippen MR) is 464 cm³/mol. The fourth-order valence-electron chi connectivity index (χ4n) is 23.9. The molecule has 7 heteroatoms. The van der Waals surface area contributed by atoms with E-state index in [0.717, 1.165) is 82.8 Å². The van der Waals surface area contributed by atoms with Gasteiger partial charge in [-0.15, -0.1) is 0 Å². The zero-order valence-corrected chi connectivity index (χ0v) is 71.4. The first-order valence-electron chi connectivity index (χ1n) is 42.2. The van der Waals surface area contributed by atoms with Crippen molar-refractivity contribution in [2.45, 2.75) is 255 Å². The second kappa shape index (κ2) is 31.0. The number of carbonyl (C=O) groups excluding carboxylic acids is 6. The van der Waals surface area contributed by atoms with Crippen LogP contribution in [0.15, 0.2) is 182 Å². The summed E-state index contributed by atoms with van der Waals surface area (Å²) in [5, 5.41) is 0. The molecule has 0 aliphatic heterocycles. The number of fused-ring (bicyclic) bond motifs is 18. The Morgan fingerprint density at radius 3 is 0.743 bits per heavy atom. The minimum atomic E-state index is -0.245. The van der Waals surface area contributed by atoms with Gasteiger partial charge in [0.2, 0.25) is 0 Å². The molecule has 113 heavy (non-hydrogen) atoms. The van der Waals surface area contributed by atoms with Gasteiger partial charge >= 0.3 is 0 Å². The summed E-state index contributed by atoms with van der Waals surface area (Å²) < 4.78 is 5.36. The fraction of sp³-hybridized carbons (Fsp3) is 0.491. The SMILES string of the molecule is C.COc1ccc2c(c1)[C@@]1(C)C=CC(=O)[C@@H](C)[C@@H]1CC2.Cc1ccc2c(c1)C1(C)C=CC(=O)C(C)(C)C1CC2.Cc1ccc2c(c1)C1(C)C=CC(=O)C(C)C1CC2.Cc1ccc2c(c1)[C@@]1(C)C=CC(=O)C(C)(C)C1CC2.Cc1ccc2c(c1)[C@]1(C)C=CC(=O)C(C)(C)C1CC2.Cc1ccc2c(c1)[C@]1(C)C=CC(=O)[C@H](C)[C@H]1CC2. The molecule has 0 spiro atoms. The quantitative estimate of drug-likeness (QED) is 0.161. The number of methoxy groups -OCH3 is 1. The van der Waals surface area contributed by atoms with E-state index in [1.807, 2.05) is 24.3 Å². The third kappa shape index (κ3) is 14.7. The van der Waals surface area contributed by atoms with Gasteiger partial charge in [0, 0.05) is 66.5 Å². The number of carbonyl (C=O) groups is 6. The minimum absolute atomic E-state index is 0. The average molecular weight is 1520 g/mol. The smallest absolute Gasteiger partial charge is 0.161 e. The first-order chi connectivity index (χ1) is 52.7. The number of hydrogen-bond acceptors (Lipinski definition) is 7. The second-order valence-electron chi connectivity index (χ2n) is 39.1. The first-order valence-corrected chi connectivity index (χ1v) is 42.2. The monoisotopic (exact) mass is 1510 g/mol. The summed E-state index contributed by atoms with van der Waals surface area (Å²) in [4.78, 5) is 72.3. The van der Waals surface area contributed by atoms with Crippen molar-refractivity contribution in [1.82, 2.24) is 0 Å². The maximum Gasteiger partial charge on any atom is 0.161 e. The Labute approximate surface area is 678 Å². The topological polar surface area (TPSA) is 112 Å². The fourth-order valence-corrected chi connectivity index (χ4v) is 23.9. The van der Waals surface area contributed by atoms with Crippen molar-refractivity contribution in [3.05, 3.63) is 277 Å². The third-order valence-corrected chi connectivity index (χ3v) is 31.1. The van der Waals surface area contributed by atoms with E-state index in [9.17, 15) is 28.8 Å². The summed E-state index contributed by atoms with van der Waals surface area (Å²) in [6.07, 6.45) is 36.9. The molecular weight excluding hydrogens is 1390 g/mol. The number of aryl methyl sites for hydroxylation is 11. The predicted octanol–water partition coefficient (Wildman–Crippen LogP) is 23.0. The average Bonchev–Trinajstić information content (AvgIpc) is 0.683. The molecule has 0 saturated carbocycles. The van der Waals surface area contributed by atoms with Crippen LogP contribution in [0.5, 0.6) is 5.75 Å². The largest absolute Gasteiger partial charge is 0.497 e. The van der Waals surface area contributed by atoms with Crippen LogP contribution in [-0.2, 0) is 99.8 Å². The lowest BCUT2D eigenvalue weighted by Crippen LogP contribution is -2.49. The summed E-state index contributed by atoms with van der Waals surface area (Å²) in [5.41, 5.74) is 23.1. The van der Waals surface area contributed by atoms with Crippen LogP contribution >= 0.6 is 0 Å². The highest BCUT2D eigenvalue weighted by Gasteiger charge is 2.55. The van der Waals surface area contributed by atoms with E-state index in [1.54, 1.807) is 25.3 Å². The Hall–Kier alpha value is -8.42. The van der Waals surface area contributed by atoms with Crippen LogP contribution in [0.1, 0.15) is 244 Å². The van der Waals surface area contributed by atoms with Gasteiger partial charge in [-0.25, -0.2) is 0 Å². The van der Waals surface area contributed by atoms with Crippen LogP contribution < -0.4 is 4.74 Å². The first kappa shape index (κ1) is 84.0. The second-order valence-corrected chi connectivity index (χ2v) is 39.1. The zero-order valence-electron chi connectivity index (χ0n) is 71.4. The van der Waals surface area contributed by atoms with Gasteiger partial charge in [-0.05, 0) is 263 Å². The van der Waals surface area contributed by atoms with Gasteiger partial charge in [-0.2, -0.15) is 0 Å². The lowest BCUT2D eigenvalue weighted by Gasteiger charge is -2.50. The van der Waals surface area contributed by atoms with Crippen LogP contribution in [0, 0.1) is 104 Å². The van der Waals surface area contributed by atoms with Crippen LogP contribution in [0.25, 0.3) is 0 Å². The lowest BCUT2D eigenvalue weighted by molar-refractivity contribution is -0.128. The molecule has 0 amide bonds. The number of benzene rings is 6. The highest BCUT2D eigenvalue weighted by atomic mass is 16.5. The number of allylic oxidation sites excluding steroid dienone is 12.